The van der Waals surface area contributed by atoms with Crippen LogP contribution in [0, 0.1) is 24.4 Å². The molecule has 126 valence electrons. The topological polar surface area (TPSA) is 58.2 Å². The number of hydrogen-bond acceptors (Lipinski definition) is 2. The molecule has 2 rings (SSSR count). The van der Waals surface area contributed by atoms with Crippen molar-refractivity contribution < 1.29 is 22.8 Å². The minimum Gasteiger partial charge on any atom is -0.350 e. The molecule has 4 nitrogen and oxygen atoms in total. The van der Waals surface area contributed by atoms with Gasteiger partial charge >= 0.3 is 0 Å². The summed E-state index contributed by atoms with van der Waals surface area (Å²) >= 11 is 0. The number of hydrogen-bond donors (Lipinski definition) is 2. The van der Waals surface area contributed by atoms with Crippen LogP contribution in [0.5, 0.6) is 0 Å². The molecule has 0 radical (unpaired) electrons. The molecule has 0 aliphatic carbocycles. The Morgan fingerprint density at radius 3 is 2.46 bits per heavy atom. The van der Waals surface area contributed by atoms with Crippen molar-refractivity contribution >= 4 is 11.8 Å². The lowest BCUT2D eigenvalue weighted by Crippen LogP contribution is -2.37. The molecule has 2 aromatic rings. The first kappa shape index (κ1) is 17.5. The monoisotopic (exact) mass is 336 g/mol. The Morgan fingerprint density at radius 2 is 1.75 bits per heavy atom. The van der Waals surface area contributed by atoms with E-state index in [0.717, 1.165) is 17.2 Å². The Morgan fingerprint density at radius 1 is 1.00 bits per heavy atom. The Labute approximate surface area is 136 Å². The van der Waals surface area contributed by atoms with Gasteiger partial charge in [-0.2, -0.15) is 0 Å². The van der Waals surface area contributed by atoms with Crippen LogP contribution in [0.2, 0.25) is 0 Å². The maximum atomic E-state index is 13.5. The van der Waals surface area contributed by atoms with Gasteiger partial charge in [0, 0.05) is 6.54 Å². The highest BCUT2D eigenvalue weighted by atomic mass is 19.2. The molecule has 0 spiro atoms. The maximum absolute atomic E-state index is 13.5. The quantitative estimate of drug-likeness (QED) is 0.824. The van der Waals surface area contributed by atoms with Crippen LogP contribution in [0.1, 0.15) is 21.5 Å². The summed E-state index contributed by atoms with van der Waals surface area (Å²) in [6, 6.07) is 8.96. The molecule has 0 atom stereocenters. The van der Waals surface area contributed by atoms with Crippen LogP contribution in [-0.4, -0.2) is 18.4 Å². The normalized spacial score (nSPS) is 10.3. The van der Waals surface area contributed by atoms with Gasteiger partial charge in [-0.05, 0) is 24.6 Å². The van der Waals surface area contributed by atoms with Crippen molar-refractivity contribution in [2.24, 2.45) is 0 Å². The SMILES string of the molecule is Cc1cccc(CNC(=O)CNC(=O)c2ccc(F)c(F)c2F)c1. The lowest BCUT2D eigenvalue weighted by atomic mass is 10.1. The molecule has 0 saturated carbocycles. The zero-order valence-corrected chi connectivity index (χ0v) is 12.8. The standard InChI is InChI=1S/C17H15F3N2O2/c1-10-3-2-4-11(7-10)8-21-14(23)9-22-17(24)12-5-6-13(18)16(20)15(12)19/h2-7H,8-9H2,1H3,(H,21,23)(H,22,24). The second-order valence-electron chi connectivity index (χ2n) is 5.17. The number of rotatable bonds is 5. The minimum atomic E-state index is -1.73. The third kappa shape index (κ3) is 4.34. The summed E-state index contributed by atoms with van der Waals surface area (Å²) in [5, 5.41) is 4.74. The number of carbonyl (C=O) groups excluding carboxylic acids is 2. The molecule has 0 fully saturated rings. The average molecular weight is 336 g/mol. The fourth-order valence-corrected chi connectivity index (χ4v) is 2.04. The molecule has 24 heavy (non-hydrogen) atoms. The van der Waals surface area contributed by atoms with Crippen molar-refractivity contribution in [2.45, 2.75) is 13.5 Å². The van der Waals surface area contributed by atoms with Crippen LogP contribution in [0.3, 0.4) is 0 Å². The number of halogens is 3. The van der Waals surface area contributed by atoms with Gasteiger partial charge in [-0.15, -0.1) is 0 Å². The summed E-state index contributed by atoms with van der Waals surface area (Å²) < 4.78 is 39.4. The molecule has 2 aromatic carbocycles. The highest BCUT2D eigenvalue weighted by molar-refractivity contribution is 5.96. The first-order valence-electron chi connectivity index (χ1n) is 7.12. The highest BCUT2D eigenvalue weighted by Crippen LogP contribution is 2.14. The van der Waals surface area contributed by atoms with E-state index in [2.05, 4.69) is 10.6 Å². The molecule has 0 unspecified atom stereocenters. The molecule has 2 amide bonds. The van der Waals surface area contributed by atoms with Gasteiger partial charge in [-0.25, -0.2) is 13.2 Å². The van der Waals surface area contributed by atoms with Gasteiger partial charge in [0.05, 0.1) is 12.1 Å². The Balaban J connectivity index is 1.87. The maximum Gasteiger partial charge on any atom is 0.254 e. The molecule has 0 heterocycles. The molecular formula is C17H15F3N2O2. The lowest BCUT2D eigenvalue weighted by Gasteiger charge is -2.08. The summed E-state index contributed by atoms with van der Waals surface area (Å²) in [5.74, 6) is -6.20. The zero-order chi connectivity index (χ0) is 17.7. The highest BCUT2D eigenvalue weighted by Gasteiger charge is 2.19. The third-order valence-electron chi connectivity index (χ3n) is 3.26. The van der Waals surface area contributed by atoms with Gasteiger partial charge in [0.2, 0.25) is 5.91 Å². The van der Waals surface area contributed by atoms with Crippen LogP contribution in [0.4, 0.5) is 13.2 Å². The Kier molecular flexibility index (Phi) is 5.57. The molecule has 0 aliphatic heterocycles. The van der Waals surface area contributed by atoms with E-state index in [1.807, 2.05) is 31.2 Å². The summed E-state index contributed by atoms with van der Waals surface area (Å²) in [4.78, 5) is 23.4. The molecule has 0 aliphatic rings. The summed E-state index contributed by atoms with van der Waals surface area (Å²) in [7, 11) is 0. The molecule has 0 bridgehead atoms. The summed E-state index contributed by atoms with van der Waals surface area (Å²) in [6.07, 6.45) is 0. The van der Waals surface area contributed by atoms with Gasteiger partial charge in [0.1, 0.15) is 0 Å². The predicted molar refractivity (Wildman–Crippen MR) is 81.7 cm³/mol. The first-order chi connectivity index (χ1) is 11.4. The van der Waals surface area contributed by atoms with E-state index in [-0.39, 0.29) is 6.54 Å². The van der Waals surface area contributed by atoms with Gasteiger partial charge < -0.3 is 10.6 Å². The predicted octanol–water partition coefficient (Wildman–Crippen LogP) is 2.46. The van der Waals surface area contributed by atoms with E-state index in [4.69, 9.17) is 0 Å². The van der Waals surface area contributed by atoms with Gasteiger partial charge in [0.25, 0.3) is 5.91 Å². The Hall–Kier alpha value is -2.83. The van der Waals surface area contributed by atoms with E-state index in [1.54, 1.807) is 0 Å². The zero-order valence-electron chi connectivity index (χ0n) is 12.8. The number of nitrogens with one attached hydrogen (secondary N) is 2. The summed E-state index contributed by atoms with van der Waals surface area (Å²) in [6.45, 7) is 1.78. The molecule has 0 aromatic heterocycles. The van der Waals surface area contributed by atoms with Gasteiger partial charge in [-0.3, -0.25) is 9.59 Å². The number of aryl methyl sites for hydroxylation is 1. The van der Waals surface area contributed by atoms with Gasteiger partial charge in [-0.1, -0.05) is 29.8 Å². The van der Waals surface area contributed by atoms with Gasteiger partial charge in [0.15, 0.2) is 17.5 Å². The number of amides is 2. The fraction of sp³-hybridized carbons (Fsp3) is 0.176. The van der Waals surface area contributed by atoms with E-state index >= 15 is 0 Å². The van der Waals surface area contributed by atoms with Crippen LogP contribution in [-0.2, 0) is 11.3 Å². The number of benzene rings is 2. The van der Waals surface area contributed by atoms with Crippen molar-refractivity contribution in [3.8, 4) is 0 Å². The van der Waals surface area contributed by atoms with E-state index < -0.39 is 41.4 Å². The average Bonchev–Trinajstić information content (AvgIpc) is 2.56. The molecule has 7 heteroatoms. The molecule has 0 saturated heterocycles. The van der Waals surface area contributed by atoms with Crippen molar-refractivity contribution in [3.05, 3.63) is 70.5 Å². The number of carbonyl (C=O) groups is 2. The largest absolute Gasteiger partial charge is 0.350 e. The molecular weight excluding hydrogens is 321 g/mol. The van der Waals surface area contributed by atoms with Crippen LogP contribution < -0.4 is 10.6 Å². The van der Waals surface area contributed by atoms with E-state index in [9.17, 15) is 22.8 Å². The second kappa shape index (κ2) is 7.63. The lowest BCUT2D eigenvalue weighted by molar-refractivity contribution is -0.120. The van der Waals surface area contributed by atoms with E-state index in [0.29, 0.717) is 6.07 Å². The smallest absolute Gasteiger partial charge is 0.254 e. The van der Waals surface area contributed by atoms with E-state index in [1.165, 1.54) is 0 Å². The molecule has 2 N–H and O–H groups in total. The Bertz CT molecular complexity index is 778. The third-order valence-corrected chi connectivity index (χ3v) is 3.26. The van der Waals surface area contributed by atoms with Crippen molar-refractivity contribution in [2.75, 3.05) is 6.54 Å². The van der Waals surface area contributed by atoms with Crippen molar-refractivity contribution in [3.63, 3.8) is 0 Å². The fourth-order valence-electron chi connectivity index (χ4n) is 2.04. The first-order valence-corrected chi connectivity index (χ1v) is 7.12. The second-order valence-corrected chi connectivity index (χ2v) is 5.17. The van der Waals surface area contributed by atoms with Crippen LogP contribution in [0.15, 0.2) is 36.4 Å². The van der Waals surface area contributed by atoms with Crippen LogP contribution >= 0.6 is 0 Å². The van der Waals surface area contributed by atoms with Crippen LogP contribution in [0.25, 0.3) is 0 Å². The summed E-state index contributed by atoms with van der Waals surface area (Å²) in [5.41, 5.74) is 1.27. The van der Waals surface area contributed by atoms with Crippen molar-refractivity contribution in [1.82, 2.24) is 10.6 Å². The minimum absolute atomic E-state index is 0.274. The van der Waals surface area contributed by atoms with Crippen molar-refractivity contribution in [1.29, 1.82) is 0 Å².